The lowest BCUT2D eigenvalue weighted by molar-refractivity contribution is -0.139. The highest BCUT2D eigenvalue weighted by molar-refractivity contribution is 6.23. The van der Waals surface area contributed by atoms with Crippen molar-refractivity contribution in [1.29, 1.82) is 0 Å². The Balaban J connectivity index is 1.54. The number of carbonyl (C=O) groups is 3. The van der Waals surface area contributed by atoms with Crippen LogP contribution in [-0.2, 0) is 9.59 Å². The SMILES string of the molecule is O=C1NC(=O)N(CCC2=CCCCC2)C(=O)C1C=NCCC1=CCCCC1. The molecular weight excluding hydrogens is 342 g/mol. The highest BCUT2D eigenvalue weighted by atomic mass is 16.2. The molecule has 0 radical (unpaired) electrons. The zero-order valence-corrected chi connectivity index (χ0v) is 15.9. The third-order valence-electron chi connectivity index (χ3n) is 5.53. The number of urea groups is 1. The number of amides is 4. The maximum absolute atomic E-state index is 12.6. The van der Waals surface area contributed by atoms with Gasteiger partial charge in [-0.15, -0.1) is 0 Å². The van der Waals surface area contributed by atoms with Gasteiger partial charge in [0, 0.05) is 19.3 Å². The molecule has 27 heavy (non-hydrogen) atoms. The van der Waals surface area contributed by atoms with Gasteiger partial charge in [0.2, 0.25) is 11.8 Å². The Bertz CT molecular complexity index is 678. The Morgan fingerprint density at radius 2 is 1.67 bits per heavy atom. The first kappa shape index (κ1) is 19.5. The van der Waals surface area contributed by atoms with Gasteiger partial charge in [-0.25, -0.2) is 4.79 Å². The van der Waals surface area contributed by atoms with Crippen molar-refractivity contribution >= 4 is 24.1 Å². The van der Waals surface area contributed by atoms with Crippen LogP contribution in [0.3, 0.4) is 0 Å². The van der Waals surface area contributed by atoms with Gasteiger partial charge in [-0.05, 0) is 64.2 Å². The molecular formula is C21H29N3O3. The molecule has 1 unspecified atom stereocenters. The first-order valence-corrected chi connectivity index (χ1v) is 10.2. The predicted octanol–water partition coefficient (Wildman–Crippen LogP) is 3.53. The van der Waals surface area contributed by atoms with Gasteiger partial charge >= 0.3 is 6.03 Å². The van der Waals surface area contributed by atoms with Gasteiger partial charge in [0.25, 0.3) is 0 Å². The molecule has 1 saturated heterocycles. The highest BCUT2D eigenvalue weighted by Gasteiger charge is 2.39. The number of hydrogen-bond acceptors (Lipinski definition) is 4. The lowest BCUT2D eigenvalue weighted by atomic mass is 9.96. The van der Waals surface area contributed by atoms with Gasteiger partial charge in [0.15, 0.2) is 5.92 Å². The predicted molar refractivity (Wildman–Crippen MR) is 104 cm³/mol. The molecule has 3 aliphatic rings. The number of aliphatic imine (C=N–C) groups is 1. The zero-order chi connectivity index (χ0) is 19.1. The van der Waals surface area contributed by atoms with Crippen LogP contribution in [0.15, 0.2) is 28.3 Å². The summed E-state index contributed by atoms with van der Waals surface area (Å²) in [7, 11) is 0. The summed E-state index contributed by atoms with van der Waals surface area (Å²) in [5, 5.41) is 2.29. The number of carbonyl (C=O) groups excluding carboxylic acids is 3. The van der Waals surface area contributed by atoms with Crippen LogP contribution < -0.4 is 5.32 Å². The molecule has 0 bridgehead atoms. The van der Waals surface area contributed by atoms with E-state index in [4.69, 9.17) is 0 Å². The van der Waals surface area contributed by atoms with Crippen LogP contribution in [0.5, 0.6) is 0 Å². The number of barbiturate groups is 1. The van der Waals surface area contributed by atoms with E-state index in [1.807, 2.05) is 0 Å². The molecule has 146 valence electrons. The fourth-order valence-corrected chi connectivity index (χ4v) is 3.88. The fourth-order valence-electron chi connectivity index (χ4n) is 3.88. The molecule has 1 heterocycles. The van der Waals surface area contributed by atoms with E-state index in [-0.39, 0.29) is 0 Å². The van der Waals surface area contributed by atoms with E-state index < -0.39 is 23.8 Å². The molecule has 1 aliphatic heterocycles. The minimum atomic E-state index is -0.997. The normalized spacial score (nSPS) is 24.1. The summed E-state index contributed by atoms with van der Waals surface area (Å²) in [4.78, 5) is 42.2. The van der Waals surface area contributed by atoms with Gasteiger partial charge in [-0.3, -0.25) is 24.8 Å². The van der Waals surface area contributed by atoms with Crippen molar-refractivity contribution in [1.82, 2.24) is 10.2 Å². The minimum Gasteiger partial charge on any atom is -0.296 e. The number of rotatable bonds is 7. The maximum atomic E-state index is 12.6. The van der Waals surface area contributed by atoms with E-state index >= 15 is 0 Å². The van der Waals surface area contributed by atoms with E-state index in [1.54, 1.807) is 0 Å². The molecule has 0 saturated carbocycles. The van der Waals surface area contributed by atoms with Gasteiger partial charge < -0.3 is 0 Å². The Morgan fingerprint density at radius 3 is 2.30 bits per heavy atom. The second-order valence-corrected chi connectivity index (χ2v) is 7.53. The van der Waals surface area contributed by atoms with Crippen molar-refractivity contribution in [2.24, 2.45) is 10.9 Å². The lowest BCUT2D eigenvalue weighted by Gasteiger charge is -2.29. The Hall–Kier alpha value is -2.24. The van der Waals surface area contributed by atoms with E-state index in [0.717, 1.165) is 43.4 Å². The summed E-state index contributed by atoms with van der Waals surface area (Å²) in [6.07, 6.45) is 16.7. The zero-order valence-electron chi connectivity index (χ0n) is 15.9. The van der Waals surface area contributed by atoms with Crippen LogP contribution in [0.4, 0.5) is 4.79 Å². The lowest BCUT2D eigenvalue weighted by Crippen LogP contribution is -2.58. The molecule has 1 fully saturated rings. The standard InChI is InChI=1S/C21H29N3O3/c25-19-18(15-22-13-11-16-7-3-1-4-8-16)20(26)24(21(27)23-19)14-12-17-9-5-2-6-10-17/h7,9,15,18H,1-6,8,10-14H2,(H,23,25,27). The molecule has 3 rings (SSSR count). The summed E-state index contributed by atoms with van der Waals surface area (Å²) >= 11 is 0. The summed E-state index contributed by atoms with van der Waals surface area (Å²) in [5.74, 6) is -2.03. The largest absolute Gasteiger partial charge is 0.330 e. The van der Waals surface area contributed by atoms with Crippen LogP contribution in [-0.4, -0.2) is 42.0 Å². The van der Waals surface area contributed by atoms with Crippen LogP contribution in [0.2, 0.25) is 0 Å². The van der Waals surface area contributed by atoms with Crippen LogP contribution >= 0.6 is 0 Å². The summed E-state index contributed by atoms with van der Waals surface area (Å²) in [5.41, 5.74) is 2.71. The highest BCUT2D eigenvalue weighted by Crippen LogP contribution is 2.22. The molecule has 2 aliphatic carbocycles. The van der Waals surface area contributed by atoms with E-state index in [0.29, 0.717) is 19.5 Å². The van der Waals surface area contributed by atoms with Gasteiger partial charge in [0.1, 0.15) is 0 Å². The van der Waals surface area contributed by atoms with E-state index in [9.17, 15) is 14.4 Å². The molecule has 0 aromatic rings. The number of nitrogens with one attached hydrogen (secondary N) is 1. The smallest absolute Gasteiger partial charge is 0.296 e. The molecule has 0 aromatic heterocycles. The van der Waals surface area contributed by atoms with Crippen molar-refractivity contribution in [3.63, 3.8) is 0 Å². The third kappa shape index (κ3) is 5.37. The molecule has 6 heteroatoms. The van der Waals surface area contributed by atoms with Gasteiger partial charge in [0.05, 0.1) is 0 Å². The number of nitrogens with zero attached hydrogens (tertiary/aromatic N) is 2. The Kier molecular flexibility index (Phi) is 6.96. The number of allylic oxidation sites excluding steroid dienone is 2. The van der Waals surface area contributed by atoms with E-state index in [1.165, 1.54) is 36.6 Å². The monoisotopic (exact) mass is 371 g/mol. The van der Waals surface area contributed by atoms with Crippen molar-refractivity contribution in [3.8, 4) is 0 Å². The average Bonchev–Trinajstić information content (AvgIpc) is 2.68. The molecule has 1 atom stereocenters. The average molecular weight is 371 g/mol. The minimum absolute atomic E-state index is 0.320. The van der Waals surface area contributed by atoms with Crippen LogP contribution in [0.25, 0.3) is 0 Å². The quantitative estimate of drug-likeness (QED) is 0.422. The number of imide groups is 2. The second-order valence-electron chi connectivity index (χ2n) is 7.53. The summed E-state index contributed by atoms with van der Waals surface area (Å²) < 4.78 is 0. The van der Waals surface area contributed by atoms with Crippen LogP contribution in [0.1, 0.15) is 64.2 Å². The summed E-state index contributed by atoms with van der Waals surface area (Å²) in [6, 6.07) is -0.613. The van der Waals surface area contributed by atoms with E-state index in [2.05, 4.69) is 22.5 Å². The van der Waals surface area contributed by atoms with Crippen molar-refractivity contribution in [2.45, 2.75) is 64.2 Å². The Labute approximate surface area is 160 Å². The van der Waals surface area contributed by atoms with Crippen molar-refractivity contribution in [2.75, 3.05) is 13.1 Å². The maximum Gasteiger partial charge on any atom is 0.330 e. The molecule has 1 N–H and O–H groups in total. The van der Waals surface area contributed by atoms with Crippen molar-refractivity contribution in [3.05, 3.63) is 23.3 Å². The molecule has 6 nitrogen and oxygen atoms in total. The van der Waals surface area contributed by atoms with Gasteiger partial charge in [-0.1, -0.05) is 23.3 Å². The molecule has 4 amide bonds. The number of hydrogen-bond donors (Lipinski definition) is 1. The first-order chi connectivity index (χ1) is 13.1. The fraction of sp³-hybridized carbons (Fsp3) is 0.619. The summed E-state index contributed by atoms with van der Waals surface area (Å²) in [6.45, 7) is 0.894. The Morgan fingerprint density at radius 1 is 1.00 bits per heavy atom. The topological polar surface area (TPSA) is 78.8 Å². The van der Waals surface area contributed by atoms with Crippen molar-refractivity contribution < 1.29 is 14.4 Å². The van der Waals surface area contributed by atoms with Crippen LogP contribution in [0, 0.1) is 5.92 Å². The molecule has 0 spiro atoms. The van der Waals surface area contributed by atoms with Gasteiger partial charge in [-0.2, -0.15) is 0 Å². The first-order valence-electron chi connectivity index (χ1n) is 10.2. The second kappa shape index (κ2) is 9.62. The third-order valence-corrected chi connectivity index (χ3v) is 5.53. The molecule has 0 aromatic carbocycles.